The Morgan fingerprint density at radius 3 is 2.20 bits per heavy atom. The molecule has 0 aliphatic heterocycles. The molecule has 0 rings (SSSR count). The van der Waals surface area contributed by atoms with E-state index in [-0.39, 0.29) is 5.54 Å². The van der Waals surface area contributed by atoms with E-state index in [1.165, 1.54) is 3.94 Å². The van der Waals surface area contributed by atoms with Crippen molar-refractivity contribution < 1.29 is 0 Å². The highest BCUT2D eigenvalue weighted by Gasteiger charge is 2.22. The van der Waals surface area contributed by atoms with Crippen molar-refractivity contribution >= 4 is 23.6 Å². The first-order chi connectivity index (χ1) is 4.50. The van der Waals surface area contributed by atoms with Crippen molar-refractivity contribution in [2.75, 3.05) is 6.54 Å². The van der Waals surface area contributed by atoms with Gasteiger partial charge < -0.3 is 5.73 Å². The largest absolute Gasteiger partial charge is 0.330 e. The Balaban J connectivity index is 3.63. The minimum absolute atomic E-state index is 0.164. The molecule has 0 radical (unpaired) electrons. The van der Waals surface area contributed by atoms with Crippen molar-refractivity contribution in [3.05, 3.63) is 0 Å². The van der Waals surface area contributed by atoms with Crippen molar-refractivity contribution in [1.82, 2.24) is 3.94 Å². The summed E-state index contributed by atoms with van der Waals surface area (Å²) in [5, 5.41) is 0. The summed E-state index contributed by atoms with van der Waals surface area (Å²) < 4.78 is 1.18. The Morgan fingerprint density at radius 1 is 1.40 bits per heavy atom. The molecule has 0 aromatic rings. The molecule has 0 aromatic heterocycles. The predicted octanol–water partition coefficient (Wildman–Crippen LogP) is 2.11. The third-order valence-corrected chi connectivity index (χ3v) is 2.37. The van der Waals surface area contributed by atoms with Crippen LogP contribution in [0.3, 0.4) is 0 Å². The van der Waals surface area contributed by atoms with Gasteiger partial charge in [0.1, 0.15) is 0 Å². The summed E-state index contributed by atoms with van der Waals surface area (Å²) in [6.45, 7) is 4.64. The van der Waals surface area contributed by atoms with Crippen LogP contribution in [0.1, 0.15) is 26.7 Å². The minimum atomic E-state index is -0.164. The summed E-state index contributed by atoms with van der Waals surface area (Å²) in [6.07, 6.45) is 1.86. The molecule has 0 spiro atoms. The Kier molecular flexibility index (Phi) is 4.61. The summed E-state index contributed by atoms with van der Waals surface area (Å²) in [7, 11) is 0. The van der Waals surface area contributed by atoms with E-state index in [9.17, 15) is 0 Å². The zero-order valence-corrected chi connectivity index (χ0v) is 7.91. The van der Waals surface area contributed by atoms with Crippen LogP contribution < -0.4 is 5.73 Å². The van der Waals surface area contributed by atoms with Gasteiger partial charge in [0.05, 0.1) is 0 Å². The highest BCUT2D eigenvalue weighted by molar-refractivity contribution is 6.34. The number of hydrogen-bond acceptors (Lipinski definition) is 2. The van der Waals surface area contributed by atoms with Gasteiger partial charge in [-0.3, -0.25) is 0 Å². The fraction of sp³-hybridized carbons (Fsp3) is 1.00. The summed E-state index contributed by atoms with van der Waals surface area (Å²) in [4.78, 5) is 0. The molecular weight excluding hydrogens is 171 g/mol. The number of nitrogens with zero attached hydrogens (tertiary/aromatic N) is 1. The van der Waals surface area contributed by atoms with Crippen LogP contribution >= 0.6 is 23.6 Å². The lowest BCUT2D eigenvalue weighted by molar-refractivity contribution is 0.321. The van der Waals surface area contributed by atoms with Crippen molar-refractivity contribution in [3.63, 3.8) is 0 Å². The maximum Gasteiger partial charge on any atom is 0.0470 e. The van der Waals surface area contributed by atoms with E-state index in [1.54, 1.807) is 0 Å². The topological polar surface area (TPSA) is 29.3 Å². The van der Waals surface area contributed by atoms with E-state index in [0.717, 1.165) is 12.8 Å². The third-order valence-electron chi connectivity index (χ3n) is 1.45. The molecule has 0 aromatic carbocycles. The molecule has 0 heterocycles. The van der Waals surface area contributed by atoms with E-state index < -0.39 is 0 Å². The predicted molar refractivity (Wildman–Crippen MR) is 45.9 cm³/mol. The van der Waals surface area contributed by atoms with Crippen LogP contribution in [0.5, 0.6) is 0 Å². The zero-order valence-electron chi connectivity index (χ0n) is 6.40. The molecule has 2 N–H and O–H groups in total. The molecule has 0 unspecified atom stereocenters. The summed E-state index contributed by atoms with van der Waals surface area (Å²) in [5.41, 5.74) is 5.17. The fourth-order valence-corrected chi connectivity index (χ4v) is 0.788. The Bertz CT molecular complexity index is 93.7. The first-order valence-electron chi connectivity index (χ1n) is 3.32. The van der Waals surface area contributed by atoms with Gasteiger partial charge in [-0.1, -0.05) is 0 Å². The van der Waals surface area contributed by atoms with Gasteiger partial charge in [0.25, 0.3) is 0 Å². The molecule has 0 fully saturated rings. The van der Waals surface area contributed by atoms with Crippen molar-refractivity contribution in [3.8, 4) is 0 Å². The van der Waals surface area contributed by atoms with Crippen molar-refractivity contribution in [2.45, 2.75) is 32.2 Å². The average Bonchev–Trinajstić information content (AvgIpc) is 1.84. The van der Waals surface area contributed by atoms with Gasteiger partial charge in [-0.2, -0.15) is 0 Å². The van der Waals surface area contributed by atoms with Crippen LogP contribution in [0.2, 0.25) is 0 Å². The Hall–Kier alpha value is 0.500. The molecule has 0 saturated carbocycles. The number of nitrogens with two attached hydrogens (primary N) is 1. The van der Waals surface area contributed by atoms with Crippen LogP contribution in [0.15, 0.2) is 0 Å². The Labute approximate surface area is 72.5 Å². The van der Waals surface area contributed by atoms with E-state index in [1.807, 2.05) is 13.8 Å². The van der Waals surface area contributed by atoms with Crippen LogP contribution in [0, 0.1) is 0 Å². The Morgan fingerprint density at radius 2 is 1.90 bits per heavy atom. The van der Waals surface area contributed by atoms with Gasteiger partial charge in [0, 0.05) is 5.54 Å². The molecule has 10 heavy (non-hydrogen) atoms. The highest BCUT2D eigenvalue weighted by atomic mass is 35.5. The lowest BCUT2D eigenvalue weighted by Gasteiger charge is -2.26. The lowest BCUT2D eigenvalue weighted by Crippen LogP contribution is -2.31. The molecule has 4 heteroatoms. The van der Waals surface area contributed by atoms with Gasteiger partial charge in [-0.05, 0) is 56.8 Å². The summed E-state index contributed by atoms with van der Waals surface area (Å²) >= 11 is 11.1. The zero-order chi connectivity index (χ0) is 8.20. The third kappa shape index (κ3) is 3.62. The molecular formula is C6H14Cl2N2. The maximum absolute atomic E-state index is 5.56. The molecule has 0 aliphatic carbocycles. The van der Waals surface area contributed by atoms with Gasteiger partial charge in [0.2, 0.25) is 0 Å². The second-order valence-corrected chi connectivity index (χ2v) is 3.79. The van der Waals surface area contributed by atoms with Crippen LogP contribution in [0.25, 0.3) is 0 Å². The minimum Gasteiger partial charge on any atom is -0.330 e. The maximum atomic E-state index is 5.56. The first kappa shape index (κ1) is 10.5. The molecule has 0 atom stereocenters. The molecule has 2 nitrogen and oxygen atoms in total. The molecule has 0 bridgehead atoms. The van der Waals surface area contributed by atoms with Crippen LogP contribution in [-0.2, 0) is 0 Å². The molecule has 0 amide bonds. The monoisotopic (exact) mass is 184 g/mol. The smallest absolute Gasteiger partial charge is 0.0470 e. The van der Waals surface area contributed by atoms with Crippen molar-refractivity contribution in [2.24, 2.45) is 5.73 Å². The number of hydrogen-bond donors (Lipinski definition) is 1. The van der Waals surface area contributed by atoms with Gasteiger partial charge in [0.15, 0.2) is 0 Å². The van der Waals surface area contributed by atoms with E-state index in [0.29, 0.717) is 6.54 Å². The van der Waals surface area contributed by atoms with E-state index >= 15 is 0 Å². The first-order valence-corrected chi connectivity index (χ1v) is 4.00. The molecule has 0 saturated heterocycles. The van der Waals surface area contributed by atoms with Crippen molar-refractivity contribution in [1.29, 1.82) is 0 Å². The lowest BCUT2D eigenvalue weighted by atomic mass is 10.0. The van der Waals surface area contributed by atoms with Crippen LogP contribution in [0.4, 0.5) is 0 Å². The molecule has 62 valence electrons. The standard InChI is InChI=1S/C6H14Cl2N2/c1-6(2,10(7)8)4-3-5-9/h3-5,9H2,1-2H3. The number of rotatable bonds is 4. The van der Waals surface area contributed by atoms with E-state index in [4.69, 9.17) is 29.3 Å². The summed E-state index contributed by atoms with van der Waals surface area (Å²) in [6, 6.07) is 0. The molecule has 0 aliphatic rings. The highest BCUT2D eigenvalue weighted by Crippen LogP contribution is 2.24. The van der Waals surface area contributed by atoms with Gasteiger partial charge >= 0.3 is 0 Å². The average molecular weight is 185 g/mol. The van der Waals surface area contributed by atoms with Gasteiger partial charge in [-0.15, -0.1) is 3.94 Å². The fourth-order valence-electron chi connectivity index (χ4n) is 0.619. The van der Waals surface area contributed by atoms with E-state index in [2.05, 4.69) is 0 Å². The number of halogens is 2. The second-order valence-electron chi connectivity index (χ2n) is 2.94. The normalized spacial score (nSPS) is 12.6. The summed E-state index contributed by atoms with van der Waals surface area (Å²) in [5.74, 6) is 0. The second kappa shape index (κ2) is 4.39. The van der Waals surface area contributed by atoms with Gasteiger partial charge in [-0.25, -0.2) is 0 Å². The quantitative estimate of drug-likeness (QED) is 0.679. The SMILES string of the molecule is CC(C)(CCCN)N(Cl)Cl. The van der Waals surface area contributed by atoms with Crippen LogP contribution in [-0.4, -0.2) is 16.0 Å².